The number of benzene rings is 2. The molecular formula is C29H36FN3O2. The summed E-state index contributed by atoms with van der Waals surface area (Å²) in [5.74, 6) is 1.15. The standard InChI is InChI=1S/C29H36FN3O2/c1-2-21(18-32-20-31)27-6-3-5-23-17-24(34)9-12-28(23)29(27)22-7-10-25(11-8-22)35-26-13-16-33(19-26)15-4-14-30/h2,7-12,17-18,26,34H,3-6,13-16,19-20,31H2,1H3/b21-2+,32-18-/t26-/m0/s1. The van der Waals surface area contributed by atoms with E-state index in [1.54, 1.807) is 6.07 Å². The topological polar surface area (TPSA) is 71.1 Å². The molecule has 5 nitrogen and oxygen atoms in total. The molecule has 4 rings (SSSR count). The number of phenols is 1. The average molecular weight is 478 g/mol. The fourth-order valence-electron chi connectivity index (χ4n) is 5.14. The lowest BCUT2D eigenvalue weighted by atomic mass is 9.87. The molecule has 6 heteroatoms. The number of rotatable bonds is 9. The lowest BCUT2D eigenvalue weighted by Gasteiger charge is -2.19. The van der Waals surface area contributed by atoms with Gasteiger partial charge in [-0.05, 0) is 96.7 Å². The quantitative estimate of drug-likeness (QED) is 0.482. The van der Waals surface area contributed by atoms with Crippen LogP contribution in [0.15, 0.2) is 64.7 Å². The molecule has 1 aliphatic carbocycles. The van der Waals surface area contributed by atoms with Gasteiger partial charge >= 0.3 is 0 Å². The van der Waals surface area contributed by atoms with Gasteiger partial charge in [-0.25, -0.2) is 0 Å². The highest BCUT2D eigenvalue weighted by Crippen LogP contribution is 2.39. The number of aliphatic imine (C=N–C) groups is 1. The molecule has 0 radical (unpaired) electrons. The Hall–Kier alpha value is -2.96. The Bertz CT molecular complexity index is 1090. The van der Waals surface area contributed by atoms with Crippen molar-refractivity contribution in [3.63, 3.8) is 0 Å². The second-order valence-electron chi connectivity index (χ2n) is 9.18. The van der Waals surface area contributed by atoms with Crippen LogP contribution in [0.5, 0.6) is 11.5 Å². The van der Waals surface area contributed by atoms with Crippen LogP contribution >= 0.6 is 0 Å². The van der Waals surface area contributed by atoms with Crippen molar-refractivity contribution in [2.45, 2.75) is 45.1 Å². The van der Waals surface area contributed by atoms with E-state index >= 15 is 0 Å². The summed E-state index contributed by atoms with van der Waals surface area (Å²) >= 11 is 0. The number of allylic oxidation sites excluding steroid dienone is 3. The van der Waals surface area contributed by atoms with Gasteiger partial charge in [0, 0.05) is 25.8 Å². The molecule has 1 fully saturated rings. The van der Waals surface area contributed by atoms with E-state index < -0.39 is 0 Å². The monoisotopic (exact) mass is 477 g/mol. The van der Waals surface area contributed by atoms with Crippen molar-refractivity contribution in [2.24, 2.45) is 10.7 Å². The Morgan fingerprint density at radius 2 is 2.06 bits per heavy atom. The van der Waals surface area contributed by atoms with E-state index in [2.05, 4.69) is 28.1 Å². The van der Waals surface area contributed by atoms with Gasteiger partial charge in [0.2, 0.25) is 0 Å². The first-order valence-electron chi connectivity index (χ1n) is 12.6. The fraction of sp³-hybridized carbons (Fsp3) is 0.414. The molecule has 1 atom stereocenters. The summed E-state index contributed by atoms with van der Waals surface area (Å²) in [5, 5.41) is 10.1. The first-order chi connectivity index (χ1) is 17.1. The van der Waals surface area contributed by atoms with Crippen molar-refractivity contribution in [1.29, 1.82) is 0 Å². The molecule has 3 N–H and O–H groups in total. The van der Waals surface area contributed by atoms with E-state index in [1.807, 2.05) is 37.4 Å². The number of likely N-dealkylation sites (tertiary alicyclic amines) is 1. The maximum atomic E-state index is 12.5. The van der Waals surface area contributed by atoms with E-state index in [0.29, 0.717) is 12.2 Å². The predicted octanol–water partition coefficient (Wildman–Crippen LogP) is 5.28. The Balaban J connectivity index is 1.64. The van der Waals surface area contributed by atoms with Crippen LogP contribution in [0.2, 0.25) is 0 Å². The maximum Gasteiger partial charge on any atom is 0.119 e. The number of ether oxygens (including phenoxy) is 1. The first-order valence-corrected chi connectivity index (χ1v) is 12.6. The van der Waals surface area contributed by atoms with Crippen molar-refractivity contribution in [2.75, 3.05) is 33.0 Å². The van der Waals surface area contributed by atoms with Crippen LogP contribution in [-0.4, -0.2) is 55.3 Å². The van der Waals surface area contributed by atoms with Gasteiger partial charge in [0.1, 0.15) is 17.6 Å². The second-order valence-corrected chi connectivity index (χ2v) is 9.18. The third-order valence-electron chi connectivity index (χ3n) is 6.81. The Kier molecular flexibility index (Phi) is 8.72. The zero-order valence-corrected chi connectivity index (χ0v) is 20.5. The van der Waals surface area contributed by atoms with Gasteiger partial charge in [0.05, 0.1) is 13.3 Å². The molecule has 0 bridgehead atoms. The molecule has 2 aliphatic rings. The van der Waals surface area contributed by atoms with Gasteiger partial charge in [0.15, 0.2) is 0 Å². The Labute approximate surface area is 207 Å². The minimum absolute atomic E-state index is 0.138. The number of aromatic hydroxyl groups is 1. The van der Waals surface area contributed by atoms with Gasteiger partial charge in [0.25, 0.3) is 0 Å². The van der Waals surface area contributed by atoms with E-state index in [9.17, 15) is 9.50 Å². The maximum absolute atomic E-state index is 12.5. The lowest BCUT2D eigenvalue weighted by molar-refractivity contribution is 0.198. The number of phenolic OH excluding ortho intramolecular Hbond substituents is 1. The highest BCUT2D eigenvalue weighted by Gasteiger charge is 2.24. The number of hydrogen-bond acceptors (Lipinski definition) is 5. The number of nitrogens with zero attached hydrogens (tertiary/aromatic N) is 2. The van der Waals surface area contributed by atoms with Gasteiger partial charge < -0.3 is 15.6 Å². The third kappa shape index (κ3) is 6.19. The largest absolute Gasteiger partial charge is 0.508 e. The molecule has 0 unspecified atom stereocenters. The van der Waals surface area contributed by atoms with Gasteiger partial charge in [-0.2, -0.15) is 0 Å². The van der Waals surface area contributed by atoms with Crippen LogP contribution in [0.3, 0.4) is 0 Å². The van der Waals surface area contributed by atoms with Crippen LogP contribution in [0.1, 0.15) is 49.3 Å². The Morgan fingerprint density at radius 1 is 1.23 bits per heavy atom. The first kappa shape index (κ1) is 25.1. The molecule has 1 heterocycles. The molecular weight excluding hydrogens is 441 g/mol. The van der Waals surface area contributed by atoms with E-state index in [1.165, 1.54) is 11.1 Å². The fourth-order valence-corrected chi connectivity index (χ4v) is 5.14. The molecule has 1 aliphatic heterocycles. The molecule has 0 amide bonds. The minimum Gasteiger partial charge on any atom is -0.508 e. The zero-order chi connectivity index (χ0) is 24.6. The molecule has 35 heavy (non-hydrogen) atoms. The molecule has 0 saturated carbocycles. The summed E-state index contributed by atoms with van der Waals surface area (Å²) in [6.45, 7) is 4.61. The van der Waals surface area contributed by atoms with Crippen molar-refractivity contribution >= 4 is 11.8 Å². The second kappa shape index (κ2) is 12.1. The van der Waals surface area contributed by atoms with Gasteiger partial charge in [-0.1, -0.05) is 24.3 Å². The average Bonchev–Trinajstić information content (AvgIpc) is 3.23. The van der Waals surface area contributed by atoms with Crippen LogP contribution in [-0.2, 0) is 6.42 Å². The van der Waals surface area contributed by atoms with Crippen molar-refractivity contribution in [3.05, 3.63) is 76.4 Å². The summed E-state index contributed by atoms with van der Waals surface area (Å²) in [6.07, 6.45) is 8.45. The molecule has 0 aromatic heterocycles. The predicted molar refractivity (Wildman–Crippen MR) is 141 cm³/mol. The highest BCUT2D eigenvalue weighted by atomic mass is 19.1. The molecule has 2 aromatic carbocycles. The van der Waals surface area contributed by atoms with Crippen molar-refractivity contribution < 1.29 is 14.2 Å². The van der Waals surface area contributed by atoms with E-state index in [4.69, 9.17) is 10.5 Å². The lowest BCUT2D eigenvalue weighted by Crippen LogP contribution is -2.26. The van der Waals surface area contributed by atoms with Crippen molar-refractivity contribution in [3.8, 4) is 11.5 Å². The normalized spacial score (nSPS) is 19.3. The molecule has 186 valence electrons. The highest BCUT2D eigenvalue weighted by molar-refractivity contribution is 5.95. The van der Waals surface area contributed by atoms with Crippen LogP contribution in [0, 0.1) is 0 Å². The number of halogens is 1. The summed E-state index contributed by atoms with van der Waals surface area (Å²) < 4.78 is 18.7. The van der Waals surface area contributed by atoms with Crippen molar-refractivity contribution in [1.82, 2.24) is 4.90 Å². The number of fused-ring (bicyclic) bond motifs is 1. The van der Waals surface area contributed by atoms with E-state index in [0.717, 1.165) is 73.3 Å². The smallest absolute Gasteiger partial charge is 0.119 e. The van der Waals surface area contributed by atoms with Gasteiger partial charge in [-0.15, -0.1) is 0 Å². The zero-order valence-electron chi connectivity index (χ0n) is 20.5. The molecule has 0 spiro atoms. The van der Waals surface area contributed by atoms with Crippen LogP contribution in [0.25, 0.3) is 5.57 Å². The summed E-state index contributed by atoms with van der Waals surface area (Å²) in [5.41, 5.74) is 12.5. The van der Waals surface area contributed by atoms with Crippen LogP contribution < -0.4 is 10.5 Å². The minimum atomic E-state index is -0.267. The summed E-state index contributed by atoms with van der Waals surface area (Å²) in [6, 6.07) is 14.0. The van der Waals surface area contributed by atoms with Crippen LogP contribution in [0.4, 0.5) is 4.39 Å². The Morgan fingerprint density at radius 3 is 2.80 bits per heavy atom. The number of nitrogens with two attached hydrogens (primary N) is 1. The summed E-state index contributed by atoms with van der Waals surface area (Å²) in [7, 11) is 0. The SMILES string of the molecule is C/C=C(\C=N/CN)C1=C(c2ccc(O[C@H]3CCN(CCCF)C3)cc2)c2ccc(O)cc2CCC1. The van der Waals surface area contributed by atoms with E-state index in [-0.39, 0.29) is 19.4 Å². The molecule has 1 saturated heterocycles. The molecule has 2 aromatic rings. The summed E-state index contributed by atoms with van der Waals surface area (Å²) in [4.78, 5) is 6.58. The third-order valence-corrected chi connectivity index (χ3v) is 6.81. The number of aryl methyl sites for hydroxylation is 1. The number of hydrogen-bond donors (Lipinski definition) is 2. The van der Waals surface area contributed by atoms with Gasteiger partial charge in [-0.3, -0.25) is 14.3 Å². The number of alkyl halides is 1.